The minimum Gasteiger partial charge on any atom is -0.399 e. The van der Waals surface area contributed by atoms with Crippen molar-refractivity contribution < 1.29 is 0 Å². The van der Waals surface area contributed by atoms with Gasteiger partial charge in [0.25, 0.3) is 0 Å². The summed E-state index contributed by atoms with van der Waals surface area (Å²) in [6, 6.07) is 26.5. The molecular weight excluding hydrogens is 486 g/mol. The van der Waals surface area contributed by atoms with E-state index in [1.165, 1.54) is 0 Å². The van der Waals surface area contributed by atoms with Crippen molar-refractivity contribution in [3.8, 4) is 22.3 Å². The standard InChI is InChI=1S/C12H10Cl2N2.C12H12N2.2ClH/c13-9-5-7(1-3-11(9)15)8-2-4-12(16)10(14)6-8;13-11-5-1-9(2-6-11)10-3-7-12(14)8-4-10;;/h1-6H,15-16H2;1-8H,13-14H2;2*1H. The second-order valence-electron chi connectivity index (χ2n) is 6.72. The lowest BCUT2D eigenvalue weighted by molar-refractivity contribution is 1.61. The molecule has 0 bridgehead atoms. The van der Waals surface area contributed by atoms with Crippen molar-refractivity contribution in [1.29, 1.82) is 0 Å². The van der Waals surface area contributed by atoms with Crippen molar-refractivity contribution in [1.82, 2.24) is 0 Å². The zero-order valence-electron chi connectivity index (χ0n) is 17.0. The van der Waals surface area contributed by atoms with Crippen LogP contribution in [0.3, 0.4) is 0 Å². The third-order valence-electron chi connectivity index (χ3n) is 4.49. The molecule has 0 atom stereocenters. The third kappa shape index (κ3) is 7.14. The summed E-state index contributed by atoms with van der Waals surface area (Å²) in [7, 11) is 0. The number of hydrogen-bond acceptors (Lipinski definition) is 4. The van der Waals surface area contributed by atoms with Crippen molar-refractivity contribution >= 4 is 70.8 Å². The Morgan fingerprint density at radius 2 is 0.688 bits per heavy atom. The molecule has 4 rings (SSSR count). The first-order chi connectivity index (χ1) is 14.3. The number of hydrogen-bond donors (Lipinski definition) is 4. The highest BCUT2D eigenvalue weighted by Gasteiger charge is 2.03. The first-order valence-corrected chi connectivity index (χ1v) is 9.91. The molecule has 0 saturated carbocycles. The van der Waals surface area contributed by atoms with Crippen LogP contribution in [0.15, 0.2) is 84.9 Å². The summed E-state index contributed by atoms with van der Waals surface area (Å²) >= 11 is 11.9. The molecule has 8 heteroatoms. The highest BCUT2D eigenvalue weighted by atomic mass is 35.5. The summed E-state index contributed by atoms with van der Waals surface area (Å²) < 4.78 is 0. The van der Waals surface area contributed by atoms with E-state index in [4.69, 9.17) is 46.1 Å². The zero-order valence-corrected chi connectivity index (χ0v) is 20.1. The van der Waals surface area contributed by atoms with E-state index >= 15 is 0 Å². The summed E-state index contributed by atoms with van der Waals surface area (Å²) in [6.07, 6.45) is 0. The van der Waals surface area contributed by atoms with Crippen LogP contribution in [-0.2, 0) is 0 Å². The molecule has 4 aromatic carbocycles. The minimum atomic E-state index is 0. The van der Waals surface area contributed by atoms with Crippen LogP contribution in [0, 0.1) is 0 Å². The fourth-order valence-corrected chi connectivity index (χ4v) is 3.13. The molecule has 4 aromatic rings. The summed E-state index contributed by atoms with van der Waals surface area (Å²) in [5, 5.41) is 1.07. The van der Waals surface area contributed by atoms with Crippen LogP contribution in [0.2, 0.25) is 10.0 Å². The van der Waals surface area contributed by atoms with E-state index in [0.29, 0.717) is 21.4 Å². The lowest BCUT2D eigenvalue weighted by atomic mass is 10.1. The molecule has 0 fully saturated rings. The van der Waals surface area contributed by atoms with Gasteiger partial charge in [0.15, 0.2) is 0 Å². The first kappa shape index (κ1) is 27.3. The predicted molar refractivity (Wildman–Crippen MR) is 146 cm³/mol. The van der Waals surface area contributed by atoms with E-state index in [1.807, 2.05) is 60.7 Å². The smallest absolute Gasteiger partial charge is 0.0641 e. The normalized spacial score (nSPS) is 9.56. The fraction of sp³-hybridized carbons (Fsp3) is 0. The van der Waals surface area contributed by atoms with Crippen LogP contribution in [-0.4, -0.2) is 0 Å². The molecule has 0 unspecified atom stereocenters. The molecule has 0 aromatic heterocycles. The van der Waals surface area contributed by atoms with Crippen molar-refractivity contribution in [2.24, 2.45) is 0 Å². The van der Waals surface area contributed by atoms with Gasteiger partial charge in [-0.25, -0.2) is 0 Å². The second kappa shape index (κ2) is 12.3. The number of benzene rings is 4. The number of rotatable bonds is 2. The highest BCUT2D eigenvalue weighted by Crippen LogP contribution is 2.30. The summed E-state index contributed by atoms with van der Waals surface area (Å²) in [6.45, 7) is 0. The Balaban J connectivity index is 0.000000303. The van der Waals surface area contributed by atoms with Gasteiger partial charge in [0.05, 0.1) is 21.4 Å². The third-order valence-corrected chi connectivity index (χ3v) is 5.14. The van der Waals surface area contributed by atoms with Crippen molar-refractivity contribution in [3.63, 3.8) is 0 Å². The average molecular weight is 510 g/mol. The van der Waals surface area contributed by atoms with Crippen LogP contribution in [0.25, 0.3) is 22.3 Å². The van der Waals surface area contributed by atoms with Gasteiger partial charge in [-0.2, -0.15) is 0 Å². The van der Waals surface area contributed by atoms with Crippen LogP contribution in [0.1, 0.15) is 0 Å². The minimum absolute atomic E-state index is 0. The Morgan fingerprint density at radius 3 is 0.969 bits per heavy atom. The largest absolute Gasteiger partial charge is 0.399 e. The van der Waals surface area contributed by atoms with Crippen molar-refractivity contribution in [2.45, 2.75) is 0 Å². The van der Waals surface area contributed by atoms with Gasteiger partial charge in [-0.05, 0) is 70.8 Å². The molecule has 4 nitrogen and oxygen atoms in total. The molecule has 0 saturated heterocycles. The zero-order chi connectivity index (χ0) is 21.7. The number of nitrogen functional groups attached to an aromatic ring is 4. The molecule has 0 heterocycles. The first-order valence-electron chi connectivity index (χ1n) is 9.15. The Morgan fingerprint density at radius 1 is 0.406 bits per heavy atom. The molecule has 32 heavy (non-hydrogen) atoms. The molecule has 0 aliphatic carbocycles. The molecule has 0 spiro atoms. The maximum Gasteiger partial charge on any atom is 0.0641 e. The van der Waals surface area contributed by atoms with Gasteiger partial charge in [0, 0.05) is 11.4 Å². The molecule has 8 N–H and O–H groups in total. The van der Waals surface area contributed by atoms with Gasteiger partial charge in [-0.15, -0.1) is 24.8 Å². The summed E-state index contributed by atoms with van der Waals surface area (Å²) in [4.78, 5) is 0. The summed E-state index contributed by atoms with van der Waals surface area (Å²) in [5.41, 5.74) is 29.4. The van der Waals surface area contributed by atoms with Gasteiger partial charge in [0.2, 0.25) is 0 Å². The van der Waals surface area contributed by atoms with Crippen LogP contribution in [0.5, 0.6) is 0 Å². The molecule has 0 aliphatic rings. The number of anilines is 4. The van der Waals surface area contributed by atoms with E-state index in [-0.39, 0.29) is 24.8 Å². The Kier molecular flexibility index (Phi) is 10.5. The highest BCUT2D eigenvalue weighted by molar-refractivity contribution is 6.34. The predicted octanol–water partition coefficient (Wildman–Crippen LogP) is 7.19. The van der Waals surface area contributed by atoms with Crippen molar-refractivity contribution in [3.05, 3.63) is 95.0 Å². The molecule has 0 aliphatic heterocycles. The van der Waals surface area contributed by atoms with E-state index < -0.39 is 0 Å². The van der Waals surface area contributed by atoms with Gasteiger partial charge in [0.1, 0.15) is 0 Å². The molecular formula is C24H24Cl4N4. The van der Waals surface area contributed by atoms with E-state index in [1.54, 1.807) is 24.3 Å². The lowest BCUT2D eigenvalue weighted by Gasteiger charge is -2.06. The second-order valence-corrected chi connectivity index (χ2v) is 7.53. The van der Waals surface area contributed by atoms with E-state index in [0.717, 1.165) is 33.6 Å². The topological polar surface area (TPSA) is 104 Å². The molecule has 0 amide bonds. The monoisotopic (exact) mass is 508 g/mol. The molecule has 0 radical (unpaired) electrons. The van der Waals surface area contributed by atoms with Crippen molar-refractivity contribution in [2.75, 3.05) is 22.9 Å². The van der Waals surface area contributed by atoms with E-state index in [9.17, 15) is 0 Å². The van der Waals surface area contributed by atoms with Gasteiger partial charge >= 0.3 is 0 Å². The number of nitrogens with two attached hydrogens (primary N) is 4. The molecule has 168 valence electrons. The number of halogens is 4. The van der Waals surface area contributed by atoms with Gasteiger partial charge in [-0.3, -0.25) is 0 Å². The Bertz CT molecular complexity index is 1050. The maximum absolute atomic E-state index is 5.95. The van der Waals surface area contributed by atoms with Crippen LogP contribution in [0.4, 0.5) is 22.7 Å². The maximum atomic E-state index is 5.95. The SMILES string of the molecule is Cl.Cl.Nc1ccc(-c2ccc(N)c(Cl)c2)cc1Cl.Nc1ccc(-c2ccc(N)cc2)cc1. The quantitative estimate of drug-likeness (QED) is 0.214. The van der Waals surface area contributed by atoms with Gasteiger partial charge in [-0.1, -0.05) is 59.6 Å². The Hall–Kier alpha value is -2.76. The van der Waals surface area contributed by atoms with Crippen LogP contribution < -0.4 is 22.9 Å². The summed E-state index contributed by atoms with van der Waals surface area (Å²) in [5.74, 6) is 0. The fourth-order valence-electron chi connectivity index (χ4n) is 2.76. The van der Waals surface area contributed by atoms with Crippen LogP contribution >= 0.6 is 48.0 Å². The Labute approximate surface area is 210 Å². The lowest BCUT2D eigenvalue weighted by Crippen LogP contribution is -1.88. The van der Waals surface area contributed by atoms with Gasteiger partial charge < -0.3 is 22.9 Å². The van der Waals surface area contributed by atoms with E-state index in [2.05, 4.69) is 0 Å². The average Bonchev–Trinajstić information content (AvgIpc) is 2.74.